The van der Waals surface area contributed by atoms with Crippen molar-refractivity contribution in [1.82, 2.24) is 5.32 Å². The third-order valence-corrected chi connectivity index (χ3v) is 5.91. The number of anilines is 2. The molecule has 0 atom stereocenters. The van der Waals surface area contributed by atoms with Crippen molar-refractivity contribution in [2.45, 2.75) is 6.92 Å². The van der Waals surface area contributed by atoms with Crippen LogP contribution in [-0.2, 0) is 14.3 Å². The van der Waals surface area contributed by atoms with Crippen LogP contribution in [0.15, 0.2) is 46.4 Å². The van der Waals surface area contributed by atoms with Crippen LogP contribution in [0.3, 0.4) is 0 Å². The molecule has 0 aliphatic carbocycles. The van der Waals surface area contributed by atoms with E-state index in [1.165, 1.54) is 17.0 Å². The average Bonchev–Trinajstić information content (AvgIpc) is 2.73. The molecule has 0 spiro atoms. The maximum absolute atomic E-state index is 14.7. The number of ether oxygens (including phenoxy) is 1. The summed E-state index contributed by atoms with van der Waals surface area (Å²) in [6.45, 7) is 4.15. The van der Waals surface area contributed by atoms with E-state index in [9.17, 15) is 14.0 Å². The molecule has 2 saturated heterocycles. The van der Waals surface area contributed by atoms with Crippen LogP contribution in [0.5, 0.6) is 0 Å². The minimum Gasteiger partial charge on any atom is -0.378 e. The highest BCUT2D eigenvalue weighted by molar-refractivity contribution is 9.10. The van der Waals surface area contributed by atoms with Crippen LogP contribution in [-0.4, -0.2) is 43.2 Å². The summed E-state index contributed by atoms with van der Waals surface area (Å²) < 4.78 is 20.9. The summed E-state index contributed by atoms with van der Waals surface area (Å²) in [5.41, 5.74) is 2.14. The van der Waals surface area contributed by atoms with Gasteiger partial charge in [0.15, 0.2) is 5.11 Å². The Balaban J connectivity index is 1.66. The van der Waals surface area contributed by atoms with Crippen LogP contribution in [0.4, 0.5) is 15.8 Å². The lowest BCUT2D eigenvalue weighted by Crippen LogP contribution is -2.54. The van der Waals surface area contributed by atoms with Gasteiger partial charge in [-0.25, -0.2) is 4.39 Å². The molecule has 160 valence electrons. The Morgan fingerprint density at radius 1 is 1.13 bits per heavy atom. The molecule has 0 aromatic heterocycles. The van der Waals surface area contributed by atoms with Gasteiger partial charge in [0.2, 0.25) is 0 Å². The number of amides is 2. The number of carbonyl (C=O) groups is 2. The highest BCUT2D eigenvalue weighted by Crippen LogP contribution is 2.28. The first kappa shape index (κ1) is 21.6. The fourth-order valence-electron chi connectivity index (χ4n) is 3.59. The van der Waals surface area contributed by atoms with E-state index in [0.29, 0.717) is 43.2 Å². The topological polar surface area (TPSA) is 61.9 Å². The Morgan fingerprint density at radius 3 is 2.52 bits per heavy atom. The first-order valence-corrected chi connectivity index (χ1v) is 10.8. The number of benzene rings is 2. The van der Waals surface area contributed by atoms with Crippen LogP contribution in [0.25, 0.3) is 6.08 Å². The standard InChI is InChI=1S/C22H19BrFN3O3S/c1-13-10-15(23)3-5-18(13)27-21(29)16(20(28)25-22(27)31)11-14-2-4-19(17(24)12-14)26-6-8-30-9-7-26/h2-5,10-12H,6-9H2,1H3,(H,25,28,31)/b16-11+. The first-order chi connectivity index (χ1) is 14.8. The Bertz CT molecular complexity index is 1120. The van der Waals surface area contributed by atoms with E-state index in [0.717, 1.165) is 10.0 Å². The number of halogens is 2. The number of rotatable bonds is 3. The Kier molecular flexibility index (Phi) is 6.17. The van der Waals surface area contributed by atoms with Gasteiger partial charge < -0.3 is 9.64 Å². The fourth-order valence-corrected chi connectivity index (χ4v) is 4.34. The van der Waals surface area contributed by atoms with Gasteiger partial charge in [-0.2, -0.15) is 0 Å². The van der Waals surface area contributed by atoms with Crippen molar-refractivity contribution < 1.29 is 18.7 Å². The SMILES string of the molecule is Cc1cc(Br)ccc1N1C(=O)/C(=C/c2ccc(N3CCOCC3)c(F)c2)C(=O)NC1=S. The zero-order valence-corrected chi connectivity index (χ0v) is 19.1. The molecule has 2 fully saturated rings. The Labute approximate surface area is 192 Å². The smallest absolute Gasteiger partial charge is 0.270 e. The number of thiocarbonyl (C=S) groups is 1. The second-order valence-corrected chi connectivity index (χ2v) is 8.50. The summed E-state index contributed by atoms with van der Waals surface area (Å²) in [6, 6.07) is 10.0. The maximum Gasteiger partial charge on any atom is 0.270 e. The van der Waals surface area contributed by atoms with Crippen LogP contribution in [0.2, 0.25) is 0 Å². The average molecular weight is 504 g/mol. The van der Waals surface area contributed by atoms with E-state index in [1.807, 2.05) is 17.9 Å². The van der Waals surface area contributed by atoms with Crippen LogP contribution < -0.4 is 15.1 Å². The largest absolute Gasteiger partial charge is 0.378 e. The molecule has 31 heavy (non-hydrogen) atoms. The molecule has 0 radical (unpaired) electrons. The van der Waals surface area contributed by atoms with Crippen molar-refractivity contribution in [3.05, 3.63) is 63.4 Å². The van der Waals surface area contributed by atoms with Gasteiger partial charge in [0, 0.05) is 17.6 Å². The van der Waals surface area contributed by atoms with E-state index >= 15 is 0 Å². The van der Waals surface area contributed by atoms with E-state index < -0.39 is 17.6 Å². The predicted molar refractivity (Wildman–Crippen MR) is 125 cm³/mol. The van der Waals surface area contributed by atoms with Crippen LogP contribution in [0, 0.1) is 12.7 Å². The molecule has 2 heterocycles. The third-order valence-electron chi connectivity index (χ3n) is 5.14. The van der Waals surface area contributed by atoms with Gasteiger partial charge in [0.1, 0.15) is 11.4 Å². The number of hydrogen-bond acceptors (Lipinski definition) is 5. The third kappa shape index (κ3) is 4.39. The normalized spacial score (nSPS) is 18.5. The van der Waals surface area contributed by atoms with Crippen LogP contribution in [0.1, 0.15) is 11.1 Å². The zero-order valence-electron chi connectivity index (χ0n) is 16.7. The van der Waals surface area contributed by atoms with Crippen LogP contribution >= 0.6 is 28.1 Å². The molecule has 2 aromatic rings. The number of aryl methyl sites for hydroxylation is 1. The van der Waals surface area contributed by atoms with E-state index in [1.54, 1.807) is 24.3 Å². The molecule has 0 saturated carbocycles. The van der Waals surface area contributed by atoms with Gasteiger partial charge in [0.05, 0.1) is 24.6 Å². The maximum atomic E-state index is 14.7. The fraction of sp³-hybridized carbons (Fsp3) is 0.227. The Morgan fingerprint density at radius 2 is 1.84 bits per heavy atom. The van der Waals surface area contributed by atoms with Gasteiger partial charge in [-0.15, -0.1) is 0 Å². The van der Waals surface area contributed by atoms with Gasteiger partial charge in [0.25, 0.3) is 11.8 Å². The van der Waals surface area contributed by atoms with Crippen molar-refractivity contribution in [3.63, 3.8) is 0 Å². The van der Waals surface area contributed by atoms with Gasteiger partial charge in [-0.05, 0) is 66.7 Å². The number of hydrogen-bond donors (Lipinski definition) is 1. The van der Waals surface area contributed by atoms with Crippen molar-refractivity contribution in [3.8, 4) is 0 Å². The molecule has 6 nitrogen and oxygen atoms in total. The molecule has 2 aromatic carbocycles. The summed E-state index contributed by atoms with van der Waals surface area (Å²) in [4.78, 5) is 28.9. The lowest BCUT2D eigenvalue weighted by Gasteiger charge is -2.30. The quantitative estimate of drug-likeness (QED) is 0.394. The molecule has 0 bridgehead atoms. The lowest BCUT2D eigenvalue weighted by atomic mass is 10.1. The van der Waals surface area contributed by atoms with E-state index in [-0.39, 0.29) is 10.7 Å². The second-order valence-electron chi connectivity index (χ2n) is 7.20. The predicted octanol–water partition coefficient (Wildman–Crippen LogP) is 3.56. The van der Waals surface area contributed by atoms with Crippen molar-refractivity contribution in [1.29, 1.82) is 0 Å². The highest BCUT2D eigenvalue weighted by atomic mass is 79.9. The number of morpholine rings is 1. The molecule has 4 rings (SSSR count). The molecule has 2 aliphatic rings. The number of nitrogens with zero attached hydrogens (tertiary/aromatic N) is 2. The second kappa shape index (κ2) is 8.86. The molecular formula is C22H19BrFN3O3S. The van der Waals surface area contributed by atoms with Gasteiger partial charge >= 0.3 is 0 Å². The zero-order chi connectivity index (χ0) is 22.1. The monoisotopic (exact) mass is 503 g/mol. The first-order valence-electron chi connectivity index (χ1n) is 9.65. The summed E-state index contributed by atoms with van der Waals surface area (Å²) in [5, 5.41) is 2.56. The van der Waals surface area contributed by atoms with E-state index in [4.69, 9.17) is 17.0 Å². The minimum atomic E-state index is -0.612. The molecular weight excluding hydrogens is 485 g/mol. The summed E-state index contributed by atoms with van der Waals surface area (Å²) >= 11 is 8.64. The summed E-state index contributed by atoms with van der Waals surface area (Å²) in [7, 11) is 0. The summed E-state index contributed by atoms with van der Waals surface area (Å²) in [6.07, 6.45) is 1.38. The molecule has 2 amide bonds. The number of carbonyl (C=O) groups excluding carboxylic acids is 2. The van der Waals surface area contributed by atoms with E-state index in [2.05, 4.69) is 21.2 Å². The van der Waals surface area contributed by atoms with Gasteiger partial charge in [-0.1, -0.05) is 22.0 Å². The lowest BCUT2D eigenvalue weighted by molar-refractivity contribution is -0.122. The Hall–Kier alpha value is -2.62. The van der Waals surface area contributed by atoms with Crippen molar-refractivity contribution in [2.75, 3.05) is 36.1 Å². The molecule has 0 unspecified atom stereocenters. The highest BCUT2D eigenvalue weighted by Gasteiger charge is 2.35. The number of nitrogens with one attached hydrogen (secondary N) is 1. The molecule has 2 aliphatic heterocycles. The minimum absolute atomic E-state index is 0.00594. The summed E-state index contributed by atoms with van der Waals surface area (Å²) in [5.74, 6) is -1.59. The van der Waals surface area contributed by atoms with Gasteiger partial charge in [-0.3, -0.25) is 19.8 Å². The van der Waals surface area contributed by atoms with Crippen molar-refractivity contribution in [2.24, 2.45) is 0 Å². The molecule has 9 heteroatoms. The molecule has 1 N–H and O–H groups in total. The van der Waals surface area contributed by atoms with Crippen molar-refractivity contribution >= 4 is 62.5 Å².